The normalized spacial score (nSPS) is 11.6. The summed E-state index contributed by atoms with van der Waals surface area (Å²) in [5, 5.41) is 22.4. The molecule has 0 saturated carbocycles. The Hall–Kier alpha value is -4.42. The Bertz CT molecular complexity index is 1810. The maximum atomic E-state index is 12.6. The number of carbonyl (C=O) groups is 1. The highest BCUT2D eigenvalue weighted by atomic mass is 16.4. The van der Waals surface area contributed by atoms with Crippen LogP contribution in [0, 0.1) is 6.92 Å². The Labute approximate surface area is 220 Å². The van der Waals surface area contributed by atoms with E-state index in [0.29, 0.717) is 23.1 Å². The molecule has 0 amide bonds. The number of benzene rings is 3. The number of hydrogen-bond acceptors (Lipinski definition) is 3. The van der Waals surface area contributed by atoms with Crippen molar-refractivity contribution < 1.29 is 15.0 Å². The maximum absolute atomic E-state index is 12.6. The number of carboxylic acid groups (broad SMARTS) is 1. The number of aryl methyl sites for hydroxylation is 2. The number of unbranched alkanes of at least 4 members (excludes halogenated alkanes) is 1. The molecule has 6 rings (SSSR count). The number of fused-ring (bicyclic) bond motifs is 3. The smallest absolute Gasteiger partial charge is 0.337 e. The first-order valence-corrected chi connectivity index (χ1v) is 13.0. The summed E-state index contributed by atoms with van der Waals surface area (Å²) in [5.74, 6) is -0.962. The fourth-order valence-electron chi connectivity index (χ4n) is 5.66. The van der Waals surface area contributed by atoms with Gasteiger partial charge in [0.1, 0.15) is 5.65 Å². The number of aliphatic hydroxyl groups excluding tert-OH is 1. The van der Waals surface area contributed by atoms with Gasteiger partial charge in [-0.25, -0.2) is 9.78 Å². The van der Waals surface area contributed by atoms with Crippen molar-refractivity contribution in [1.29, 1.82) is 0 Å². The Morgan fingerprint density at radius 3 is 2.63 bits per heavy atom. The van der Waals surface area contributed by atoms with Gasteiger partial charge < -0.3 is 19.2 Å². The number of aromatic nitrogens is 3. The molecule has 6 nitrogen and oxygen atoms in total. The summed E-state index contributed by atoms with van der Waals surface area (Å²) in [5.41, 5.74) is 6.87. The third-order valence-corrected chi connectivity index (χ3v) is 7.38. The van der Waals surface area contributed by atoms with Crippen molar-refractivity contribution in [2.75, 3.05) is 6.61 Å². The number of imidazole rings is 1. The molecular weight excluding hydrogens is 474 g/mol. The van der Waals surface area contributed by atoms with Crippen molar-refractivity contribution in [3.8, 4) is 11.3 Å². The van der Waals surface area contributed by atoms with Gasteiger partial charge in [-0.3, -0.25) is 0 Å². The number of rotatable bonds is 8. The van der Waals surface area contributed by atoms with Crippen LogP contribution in [-0.4, -0.2) is 36.7 Å². The predicted octanol–water partition coefficient (Wildman–Crippen LogP) is 6.48. The molecule has 0 bridgehead atoms. The second-order valence-electron chi connectivity index (χ2n) is 9.77. The van der Waals surface area contributed by atoms with Gasteiger partial charge in [-0.1, -0.05) is 54.6 Å². The molecule has 0 unspecified atom stereocenters. The fraction of sp³-hybridized carbons (Fsp3) is 0.188. The number of nitrogens with zero attached hydrogens (tertiary/aromatic N) is 3. The lowest BCUT2D eigenvalue weighted by atomic mass is 9.94. The van der Waals surface area contributed by atoms with Gasteiger partial charge >= 0.3 is 5.97 Å². The lowest BCUT2D eigenvalue weighted by Crippen LogP contribution is -2.03. The molecule has 0 aliphatic rings. The summed E-state index contributed by atoms with van der Waals surface area (Å²) in [4.78, 5) is 17.6. The van der Waals surface area contributed by atoms with Crippen LogP contribution in [0.3, 0.4) is 0 Å². The molecule has 0 aliphatic heterocycles. The Morgan fingerprint density at radius 1 is 0.947 bits per heavy atom. The van der Waals surface area contributed by atoms with Crippen molar-refractivity contribution in [3.63, 3.8) is 0 Å². The molecule has 190 valence electrons. The van der Waals surface area contributed by atoms with Crippen LogP contribution in [0.15, 0.2) is 85.2 Å². The van der Waals surface area contributed by atoms with Crippen LogP contribution in [0.2, 0.25) is 0 Å². The van der Waals surface area contributed by atoms with E-state index in [4.69, 9.17) is 4.98 Å². The summed E-state index contributed by atoms with van der Waals surface area (Å²) < 4.78 is 4.35. The Kier molecular flexibility index (Phi) is 6.18. The molecule has 3 aromatic heterocycles. The van der Waals surface area contributed by atoms with Gasteiger partial charge in [-0.05, 0) is 59.9 Å². The van der Waals surface area contributed by atoms with Crippen molar-refractivity contribution in [2.45, 2.75) is 32.7 Å². The van der Waals surface area contributed by atoms with Crippen LogP contribution in [0.1, 0.15) is 40.0 Å². The summed E-state index contributed by atoms with van der Waals surface area (Å²) in [6.45, 7) is 3.15. The first kappa shape index (κ1) is 23.9. The lowest BCUT2D eigenvalue weighted by molar-refractivity contribution is 0.0700. The quantitative estimate of drug-likeness (QED) is 0.233. The first-order chi connectivity index (χ1) is 18.6. The highest BCUT2D eigenvalue weighted by Crippen LogP contribution is 2.35. The van der Waals surface area contributed by atoms with E-state index < -0.39 is 5.97 Å². The Morgan fingerprint density at radius 2 is 1.79 bits per heavy atom. The molecule has 2 N–H and O–H groups in total. The second kappa shape index (κ2) is 9.80. The maximum Gasteiger partial charge on any atom is 0.337 e. The van der Waals surface area contributed by atoms with Crippen LogP contribution in [0.5, 0.6) is 0 Å². The minimum atomic E-state index is -0.962. The van der Waals surface area contributed by atoms with E-state index >= 15 is 0 Å². The van der Waals surface area contributed by atoms with Crippen molar-refractivity contribution in [2.24, 2.45) is 0 Å². The van der Waals surface area contributed by atoms with Crippen molar-refractivity contribution in [1.82, 2.24) is 14.0 Å². The van der Waals surface area contributed by atoms with Crippen LogP contribution >= 0.6 is 0 Å². The molecule has 0 aliphatic carbocycles. The number of aliphatic hydroxyl groups is 1. The van der Waals surface area contributed by atoms with Crippen LogP contribution in [-0.2, 0) is 13.0 Å². The third kappa shape index (κ3) is 4.03. The highest BCUT2D eigenvalue weighted by molar-refractivity contribution is 6.09. The molecule has 0 radical (unpaired) electrons. The molecule has 0 atom stereocenters. The van der Waals surface area contributed by atoms with E-state index in [0.717, 1.165) is 36.1 Å². The SMILES string of the molecule is Cc1cccc2c1c(Cc1c(-c3ccc4ccccc4c3C(=O)O)nc3ccccn13)cn2CCCCO. The van der Waals surface area contributed by atoms with Gasteiger partial charge in [0.2, 0.25) is 0 Å². The largest absolute Gasteiger partial charge is 0.478 e. The van der Waals surface area contributed by atoms with Gasteiger partial charge in [0.05, 0.1) is 17.0 Å². The monoisotopic (exact) mass is 503 g/mol. The third-order valence-electron chi connectivity index (χ3n) is 7.38. The minimum Gasteiger partial charge on any atom is -0.478 e. The molecule has 0 saturated heterocycles. The minimum absolute atomic E-state index is 0.188. The van der Waals surface area contributed by atoms with Crippen molar-refractivity contribution in [3.05, 3.63) is 108 Å². The van der Waals surface area contributed by atoms with E-state index in [-0.39, 0.29) is 12.2 Å². The van der Waals surface area contributed by atoms with Gasteiger partial charge in [-0.15, -0.1) is 0 Å². The molecule has 6 aromatic rings. The molecule has 6 heteroatoms. The zero-order valence-electron chi connectivity index (χ0n) is 21.3. The summed E-state index contributed by atoms with van der Waals surface area (Å²) in [6, 6.07) is 23.7. The lowest BCUT2D eigenvalue weighted by Gasteiger charge is -2.11. The molecule has 0 fully saturated rings. The van der Waals surface area contributed by atoms with E-state index in [1.54, 1.807) is 0 Å². The van der Waals surface area contributed by atoms with Crippen LogP contribution in [0.4, 0.5) is 0 Å². The van der Waals surface area contributed by atoms with Gasteiger partial charge in [0, 0.05) is 48.4 Å². The number of pyridine rings is 1. The highest BCUT2D eigenvalue weighted by Gasteiger charge is 2.23. The van der Waals surface area contributed by atoms with Crippen LogP contribution in [0.25, 0.3) is 38.6 Å². The first-order valence-electron chi connectivity index (χ1n) is 13.0. The Balaban J connectivity index is 1.57. The van der Waals surface area contributed by atoms with E-state index in [1.165, 1.54) is 22.0 Å². The van der Waals surface area contributed by atoms with Crippen LogP contribution < -0.4 is 0 Å². The average molecular weight is 504 g/mol. The summed E-state index contributed by atoms with van der Waals surface area (Å²) in [6.07, 6.45) is 6.46. The molecule has 0 spiro atoms. The van der Waals surface area contributed by atoms with Gasteiger partial charge in [0.25, 0.3) is 0 Å². The van der Waals surface area contributed by atoms with E-state index in [2.05, 4.69) is 40.3 Å². The number of hydrogen-bond donors (Lipinski definition) is 2. The summed E-state index contributed by atoms with van der Waals surface area (Å²) >= 11 is 0. The van der Waals surface area contributed by atoms with Gasteiger partial charge in [0.15, 0.2) is 0 Å². The number of aromatic carboxylic acids is 1. The van der Waals surface area contributed by atoms with E-state index in [9.17, 15) is 15.0 Å². The molecule has 3 heterocycles. The van der Waals surface area contributed by atoms with E-state index in [1.807, 2.05) is 60.8 Å². The molecule has 3 aromatic carbocycles. The average Bonchev–Trinajstić information content (AvgIpc) is 3.47. The molecular formula is C32H29N3O3. The fourth-order valence-corrected chi connectivity index (χ4v) is 5.66. The zero-order valence-corrected chi connectivity index (χ0v) is 21.3. The topological polar surface area (TPSA) is 79.8 Å². The standard InChI is InChI=1S/C32H29N3O3/c1-21-9-8-12-26-29(21)23(20-34(26)16-6-7-18-36)19-27-31(33-28-13-4-5-17-35(27)28)25-15-14-22-10-2-3-11-24(22)30(25)32(37)38/h2-5,8-15,17,20,36H,6-7,16,18-19H2,1H3,(H,37,38). The summed E-state index contributed by atoms with van der Waals surface area (Å²) in [7, 11) is 0. The zero-order chi connectivity index (χ0) is 26.2. The number of carboxylic acids is 1. The van der Waals surface area contributed by atoms with Gasteiger partial charge in [-0.2, -0.15) is 0 Å². The van der Waals surface area contributed by atoms with Crippen molar-refractivity contribution >= 4 is 33.3 Å². The predicted molar refractivity (Wildman–Crippen MR) is 151 cm³/mol. The second-order valence-corrected chi connectivity index (χ2v) is 9.77. The molecule has 38 heavy (non-hydrogen) atoms.